The van der Waals surface area contributed by atoms with Gasteiger partial charge in [-0.05, 0) is 56.1 Å². The minimum atomic E-state index is -0.655. The number of hydrogen-bond donors (Lipinski definition) is 2. The fourth-order valence-corrected chi connectivity index (χ4v) is 4.78. The first kappa shape index (κ1) is 21.5. The topological polar surface area (TPSA) is 76.9 Å². The summed E-state index contributed by atoms with van der Waals surface area (Å²) in [6, 6.07) is 11.8. The third-order valence-corrected chi connectivity index (χ3v) is 6.31. The van der Waals surface area contributed by atoms with Crippen LogP contribution in [-0.4, -0.2) is 75.3 Å². The Labute approximate surface area is 183 Å². The molecule has 0 saturated carbocycles. The Kier molecular flexibility index (Phi) is 6.67. The van der Waals surface area contributed by atoms with Gasteiger partial charge in [0.1, 0.15) is 6.10 Å². The number of carbonyl (C=O) groups is 1. The Morgan fingerprint density at radius 2 is 1.87 bits per heavy atom. The molecule has 31 heavy (non-hydrogen) atoms. The van der Waals surface area contributed by atoms with Crippen molar-refractivity contribution in [3.05, 3.63) is 65.5 Å². The molecule has 6 nitrogen and oxygen atoms in total. The number of aliphatic hydroxyl groups is 2. The molecule has 1 aromatic carbocycles. The molecule has 2 aromatic rings. The van der Waals surface area contributed by atoms with Gasteiger partial charge < -0.3 is 15.1 Å². The van der Waals surface area contributed by atoms with Crippen LogP contribution in [0.1, 0.15) is 47.2 Å². The average Bonchev–Trinajstić information content (AvgIpc) is 2.77. The molecular formula is C25H29N3O3. The van der Waals surface area contributed by atoms with Gasteiger partial charge in [-0.1, -0.05) is 24.0 Å². The summed E-state index contributed by atoms with van der Waals surface area (Å²) in [5.74, 6) is 5.93. The second-order valence-corrected chi connectivity index (χ2v) is 8.34. The van der Waals surface area contributed by atoms with E-state index in [1.165, 1.54) is 0 Å². The molecule has 2 aliphatic rings. The number of hydrogen-bond acceptors (Lipinski definition) is 5. The summed E-state index contributed by atoms with van der Waals surface area (Å²) < 4.78 is 0. The maximum Gasteiger partial charge on any atom is 0.254 e. The molecular weight excluding hydrogens is 390 g/mol. The normalized spacial score (nSPS) is 24.6. The zero-order valence-electron chi connectivity index (χ0n) is 17.8. The highest BCUT2D eigenvalue weighted by molar-refractivity contribution is 5.94. The van der Waals surface area contributed by atoms with Crippen molar-refractivity contribution in [3.8, 4) is 11.8 Å². The fourth-order valence-electron chi connectivity index (χ4n) is 4.78. The smallest absolute Gasteiger partial charge is 0.254 e. The van der Waals surface area contributed by atoms with E-state index in [-0.39, 0.29) is 30.5 Å². The number of carbonyl (C=O) groups excluding carboxylic acids is 1. The van der Waals surface area contributed by atoms with E-state index in [4.69, 9.17) is 0 Å². The van der Waals surface area contributed by atoms with Crippen molar-refractivity contribution in [2.24, 2.45) is 0 Å². The molecule has 1 aromatic heterocycles. The Morgan fingerprint density at radius 3 is 2.55 bits per heavy atom. The number of benzene rings is 1. The Hall–Kier alpha value is -2.72. The molecule has 2 aliphatic heterocycles. The highest BCUT2D eigenvalue weighted by Crippen LogP contribution is 2.42. The van der Waals surface area contributed by atoms with Gasteiger partial charge in [-0.3, -0.25) is 14.7 Å². The van der Waals surface area contributed by atoms with Gasteiger partial charge in [0.2, 0.25) is 0 Å². The fraction of sp³-hybridized carbons (Fsp3) is 0.440. The van der Waals surface area contributed by atoms with Crippen molar-refractivity contribution in [1.29, 1.82) is 0 Å². The number of aliphatic hydroxyl groups excluding tert-OH is 2. The molecule has 0 spiro atoms. The number of aromatic nitrogens is 1. The maximum atomic E-state index is 13.1. The SMILES string of the molecule is C[C@H](O)C#Cc1ccc([C@@H]2[C@@H](CO)N3CCCCN(C(=O)c4ccncc4)C[C@H]23)cc1. The largest absolute Gasteiger partial charge is 0.395 e. The first-order chi connectivity index (χ1) is 15.1. The van der Waals surface area contributed by atoms with Crippen LogP contribution in [0.5, 0.6) is 0 Å². The lowest BCUT2D eigenvalue weighted by Gasteiger charge is -2.57. The number of rotatable bonds is 3. The summed E-state index contributed by atoms with van der Waals surface area (Å²) >= 11 is 0. The third-order valence-electron chi connectivity index (χ3n) is 6.31. The van der Waals surface area contributed by atoms with Crippen LogP contribution < -0.4 is 0 Å². The van der Waals surface area contributed by atoms with E-state index in [9.17, 15) is 15.0 Å². The van der Waals surface area contributed by atoms with Crippen molar-refractivity contribution in [1.82, 2.24) is 14.8 Å². The molecule has 4 atom stereocenters. The van der Waals surface area contributed by atoms with Gasteiger partial charge in [0.15, 0.2) is 0 Å². The van der Waals surface area contributed by atoms with E-state index < -0.39 is 6.10 Å². The van der Waals surface area contributed by atoms with E-state index in [1.54, 1.807) is 31.5 Å². The van der Waals surface area contributed by atoms with Crippen LogP contribution in [0, 0.1) is 11.8 Å². The van der Waals surface area contributed by atoms with E-state index in [0.29, 0.717) is 12.1 Å². The van der Waals surface area contributed by atoms with E-state index in [1.807, 2.05) is 17.0 Å². The summed E-state index contributed by atoms with van der Waals surface area (Å²) in [4.78, 5) is 21.4. The third kappa shape index (κ3) is 4.64. The summed E-state index contributed by atoms with van der Waals surface area (Å²) in [7, 11) is 0. The van der Waals surface area contributed by atoms with Crippen LogP contribution >= 0.6 is 0 Å². The second-order valence-electron chi connectivity index (χ2n) is 8.34. The zero-order valence-corrected chi connectivity index (χ0v) is 17.8. The van der Waals surface area contributed by atoms with Crippen molar-refractivity contribution in [2.75, 3.05) is 26.2 Å². The van der Waals surface area contributed by atoms with Crippen LogP contribution in [0.2, 0.25) is 0 Å². The number of nitrogens with zero attached hydrogens (tertiary/aromatic N) is 3. The Balaban J connectivity index is 1.56. The van der Waals surface area contributed by atoms with Crippen LogP contribution in [0.15, 0.2) is 48.8 Å². The van der Waals surface area contributed by atoms with Crippen molar-refractivity contribution >= 4 is 5.91 Å². The van der Waals surface area contributed by atoms with Crippen LogP contribution in [0.25, 0.3) is 0 Å². The van der Waals surface area contributed by atoms with Crippen LogP contribution in [-0.2, 0) is 0 Å². The van der Waals surface area contributed by atoms with Crippen molar-refractivity contribution < 1.29 is 15.0 Å². The summed E-state index contributed by atoms with van der Waals surface area (Å²) in [5, 5.41) is 19.5. The summed E-state index contributed by atoms with van der Waals surface area (Å²) in [6.45, 7) is 4.08. The van der Waals surface area contributed by atoms with Crippen LogP contribution in [0.3, 0.4) is 0 Å². The quantitative estimate of drug-likeness (QED) is 0.743. The standard InChI is InChI=1S/C25H29N3O3/c1-18(30)4-5-19-6-8-20(9-7-19)24-22-16-27(25(31)21-10-12-26-13-11-21)14-2-3-15-28(22)23(24)17-29/h6-13,18,22-24,29-30H,2-3,14-17H2,1H3/t18-,22+,23+,24-/m0/s1. The molecule has 162 valence electrons. The molecule has 0 bridgehead atoms. The maximum absolute atomic E-state index is 13.1. The van der Waals surface area contributed by atoms with E-state index in [2.05, 4.69) is 33.9 Å². The van der Waals surface area contributed by atoms with Crippen molar-refractivity contribution in [3.63, 3.8) is 0 Å². The summed E-state index contributed by atoms with van der Waals surface area (Å²) in [6.07, 6.45) is 4.61. The minimum absolute atomic E-state index is 0.0409. The average molecular weight is 420 g/mol. The molecule has 3 heterocycles. The van der Waals surface area contributed by atoms with Gasteiger partial charge in [-0.25, -0.2) is 0 Å². The molecule has 0 aliphatic carbocycles. The number of fused-ring (bicyclic) bond motifs is 1. The van der Waals surface area contributed by atoms with Gasteiger partial charge in [-0.2, -0.15) is 0 Å². The molecule has 0 unspecified atom stereocenters. The second kappa shape index (κ2) is 9.61. The molecule has 0 radical (unpaired) electrons. The molecule has 1 amide bonds. The lowest BCUT2D eigenvalue weighted by atomic mass is 9.74. The van der Waals surface area contributed by atoms with Gasteiger partial charge >= 0.3 is 0 Å². The van der Waals surface area contributed by atoms with Crippen LogP contribution in [0.4, 0.5) is 0 Å². The lowest BCUT2D eigenvalue weighted by Crippen LogP contribution is -2.67. The van der Waals surface area contributed by atoms with Gasteiger partial charge in [0.05, 0.1) is 6.61 Å². The highest BCUT2D eigenvalue weighted by atomic mass is 16.3. The van der Waals surface area contributed by atoms with E-state index in [0.717, 1.165) is 37.1 Å². The lowest BCUT2D eigenvalue weighted by molar-refractivity contribution is -0.0606. The zero-order chi connectivity index (χ0) is 21.8. The van der Waals surface area contributed by atoms with Gasteiger partial charge in [0.25, 0.3) is 5.91 Å². The number of pyridine rings is 1. The highest BCUT2D eigenvalue weighted by Gasteiger charge is 2.49. The van der Waals surface area contributed by atoms with Gasteiger partial charge in [-0.15, -0.1) is 0 Å². The summed E-state index contributed by atoms with van der Waals surface area (Å²) in [5.41, 5.74) is 2.67. The van der Waals surface area contributed by atoms with Crippen molar-refractivity contribution in [2.45, 2.75) is 43.9 Å². The first-order valence-electron chi connectivity index (χ1n) is 10.9. The molecule has 2 N–H and O–H groups in total. The number of amides is 1. The minimum Gasteiger partial charge on any atom is -0.395 e. The predicted molar refractivity (Wildman–Crippen MR) is 118 cm³/mol. The predicted octanol–water partition coefficient (Wildman–Crippen LogP) is 1.88. The molecule has 2 saturated heterocycles. The van der Waals surface area contributed by atoms with E-state index >= 15 is 0 Å². The Morgan fingerprint density at radius 1 is 1.16 bits per heavy atom. The first-order valence-corrected chi connectivity index (χ1v) is 10.9. The molecule has 6 heteroatoms. The monoisotopic (exact) mass is 419 g/mol. The van der Waals surface area contributed by atoms with Gasteiger partial charge in [0, 0.05) is 54.6 Å². The Bertz CT molecular complexity index is 949. The molecule has 2 fully saturated rings. The molecule has 4 rings (SSSR count).